The third kappa shape index (κ3) is 2.78. The Hall–Kier alpha value is -0.980. The summed E-state index contributed by atoms with van der Waals surface area (Å²) in [5.41, 5.74) is 0.788. The second-order valence-corrected chi connectivity index (χ2v) is 9.19. The average molecular weight is 373 g/mol. The molecule has 1 saturated carbocycles. The third-order valence-electron chi connectivity index (χ3n) is 7.51. The third-order valence-corrected chi connectivity index (χ3v) is 7.51. The summed E-state index contributed by atoms with van der Waals surface area (Å²) in [6.07, 6.45) is 3.87. The molecule has 4 saturated heterocycles. The maximum atomic E-state index is 6.54. The Balaban J connectivity index is 1.43. The highest BCUT2D eigenvalue weighted by Gasteiger charge is 2.69. The minimum Gasteiger partial charge on any atom is -0.331 e. The molecule has 1 N–H and O–H groups in total. The van der Waals surface area contributed by atoms with Crippen molar-refractivity contribution in [2.45, 2.75) is 76.9 Å². The molecule has 0 amide bonds. The number of benzene rings is 1. The van der Waals surface area contributed by atoms with Crippen LogP contribution in [0.3, 0.4) is 0 Å². The highest BCUT2D eigenvalue weighted by Crippen LogP contribution is 2.60. The van der Waals surface area contributed by atoms with Crippen molar-refractivity contribution < 1.29 is 19.2 Å². The van der Waals surface area contributed by atoms with Crippen LogP contribution >= 0.6 is 0 Å². The summed E-state index contributed by atoms with van der Waals surface area (Å²) in [7, 11) is 0. The van der Waals surface area contributed by atoms with Crippen molar-refractivity contribution in [2.24, 2.45) is 23.7 Å². The molecule has 5 fully saturated rings. The number of rotatable bonds is 3. The van der Waals surface area contributed by atoms with Crippen molar-refractivity contribution >= 4 is 0 Å². The van der Waals surface area contributed by atoms with Gasteiger partial charge in [-0.2, -0.15) is 0 Å². The minimum absolute atomic E-state index is 0.0496. The zero-order valence-corrected chi connectivity index (χ0v) is 16.5. The molecule has 4 aliphatic heterocycles. The fourth-order valence-corrected chi connectivity index (χ4v) is 5.95. The smallest absolute Gasteiger partial charge is 0.201 e. The van der Waals surface area contributed by atoms with E-state index >= 15 is 0 Å². The maximum absolute atomic E-state index is 6.54. The summed E-state index contributed by atoms with van der Waals surface area (Å²) in [4.78, 5) is 12.1. The first kappa shape index (κ1) is 18.1. The minimum atomic E-state index is -0.706. The highest BCUT2D eigenvalue weighted by molar-refractivity contribution is 5.15. The van der Waals surface area contributed by atoms with Crippen LogP contribution in [0.2, 0.25) is 0 Å². The maximum Gasteiger partial charge on any atom is 0.201 e. The van der Waals surface area contributed by atoms with Gasteiger partial charge in [0.05, 0.1) is 0 Å². The van der Waals surface area contributed by atoms with Crippen LogP contribution in [0, 0.1) is 23.7 Å². The van der Waals surface area contributed by atoms with Gasteiger partial charge in [0.2, 0.25) is 5.79 Å². The monoisotopic (exact) mass is 373 g/mol. The number of hydrogen-bond donors (Lipinski definition) is 1. The van der Waals surface area contributed by atoms with Gasteiger partial charge in [-0.25, -0.2) is 9.78 Å². The van der Waals surface area contributed by atoms with Crippen molar-refractivity contribution in [2.75, 3.05) is 0 Å². The van der Waals surface area contributed by atoms with Crippen molar-refractivity contribution in [3.05, 3.63) is 35.9 Å². The molecule has 6 rings (SSSR count). The molecular formula is C22H31NO4. The molecule has 4 heterocycles. The summed E-state index contributed by atoms with van der Waals surface area (Å²) in [5, 5.41) is 3.63. The molecule has 8 atom stereocenters. The number of nitrogens with one attached hydrogen (secondary N) is 1. The molecule has 1 spiro atoms. The SMILES string of the molecule is C[C@H]1[C@H](NCc2ccccc2)O[C@@H]2O[C@@]3(C)CC[C@H]4[C@H](C)CC[C@@H]1[C@@]24OO3. The van der Waals surface area contributed by atoms with E-state index in [1.54, 1.807) is 0 Å². The van der Waals surface area contributed by atoms with E-state index < -0.39 is 11.4 Å². The van der Waals surface area contributed by atoms with Gasteiger partial charge >= 0.3 is 0 Å². The molecule has 1 aromatic rings. The largest absolute Gasteiger partial charge is 0.331 e. The van der Waals surface area contributed by atoms with Gasteiger partial charge in [0.25, 0.3) is 0 Å². The molecule has 1 aromatic carbocycles. The van der Waals surface area contributed by atoms with Gasteiger partial charge in [-0.3, -0.25) is 5.32 Å². The van der Waals surface area contributed by atoms with Gasteiger partial charge in [-0.1, -0.05) is 44.2 Å². The zero-order chi connectivity index (χ0) is 18.6. The molecule has 5 aliphatic rings. The summed E-state index contributed by atoms with van der Waals surface area (Å²) in [6, 6.07) is 10.5. The van der Waals surface area contributed by atoms with Gasteiger partial charge < -0.3 is 9.47 Å². The average Bonchev–Trinajstić information content (AvgIpc) is 2.90. The second-order valence-electron chi connectivity index (χ2n) is 9.19. The van der Waals surface area contributed by atoms with Crippen molar-refractivity contribution in [1.29, 1.82) is 0 Å². The first-order chi connectivity index (χ1) is 13.0. The summed E-state index contributed by atoms with van der Waals surface area (Å²) >= 11 is 0. The number of hydrogen-bond acceptors (Lipinski definition) is 5. The van der Waals surface area contributed by atoms with E-state index in [1.807, 2.05) is 13.0 Å². The lowest BCUT2D eigenvalue weighted by atomic mass is 9.58. The van der Waals surface area contributed by atoms with Gasteiger partial charge in [-0.15, -0.1) is 0 Å². The lowest BCUT2D eigenvalue weighted by Gasteiger charge is -2.60. The Morgan fingerprint density at radius 1 is 1.04 bits per heavy atom. The van der Waals surface area contributed by atoms with E-state index in [9.17, 15) is 0 Å². The zero-order valence-electron chi connectivity index (χ0n) is 16.5. The standard InChI is InChI=1S/C22H31NO4/c1-14-9-10-18-15(2)19(23-13-16-7-5-4-6-8-16)24-20-22(18)17(14)11-12-21(3,25-20)26-27-22/h4-8,14-15,17-20,23H,9-13H2,1-3H3/t14-,15-,17+,18+,19-,20-,21-,22-/m1/s1. The second kappa shape index (κ2) is 6.53. The molecule has 5 nitrogen and oxygen atoms in total. The quantitative estimate of drug-likeness (QED) is 0.812. The first-order valence-corrected chi connectivity index (χ1v) is 10.5. The van der Waals surface area contributed by atoms with Gasteiger partial charge in [0.1, 0.15) is 6.23 Å². The van der Waals surface area contributed by atoms with Crippen LogP contribution in [0.4, 0.5) is 0 Å². The molecule has 5 heteroatoms. The van der Waals surface area contributed by atoms with Gasteiger partial charge in [0, 0.05) is 24.8 Å². The topological polar surface area (TPSA) is 49.0 Å². The van der Waals surface area contributed by atoms with Gasteiger partial charge in [-0.05, 0) is 43.6 Å². The Morgan fingerprint density at radius 3 is 2.67 bits per heavy atom. The van der Waals surface area contributed by atoms with Crippen molar-refractivity contribution in [3.63, 3.8) is 0 Å². The molecule has 0 unspecified atom stereocenters. The van der Waals surface area contributed by atoms with Crippen LogP contribution in [0.25, 0.3) is 0 Å². The molecule has 27 heavy (non-hydrogen) atoms. The Kier molecular flexibility index (Phi) is 4.37. The van der Waals surface area contributed by atoms with E-state index in [0.29, 0.717) is 23.7 Å². The van der Waals surface area contributed by atoms with Crippen LogP contribution in [-0.4, -0.2) is 23.9 Å². The molecule has 1 aliphatic carbocycles. The van der Waals surface area contributed by atoms with Crippen LogP contribution < -0.4 is 5.32 Å². The Bertz CT molecular complexity index is 684. The fraction of sp³-hybridized carbons (Fsp3) is 0.727. The molecule has 148 valence electrons. The predicted molar refractivity (Wildman–Crippen MR) is 100 cm³/mol. The molecule has 0 aromatic heterocycles. The predicted octanol–water partition coefficient (Wildman–Crippen LogP) is 3.98. The van der Waals surface area contributed by atoms with E-state index in [2.05, 4.69) is 43.4 Å². The normalized spacial score (nSPS) is 48.7. The first-order valence-electron chi connectivity index (χ1n) is 10.5. The highest BCUT2D eigenvalue weighted by atomic mass is 17.3. The van der Waals surface area contributed by atoms with E-state index in [0.717, 1.165) is 25.8 Å². The Labute approximate surface area is 161 Å². The van der Waals surface area contributed by atoms with Crippen molar-refractivity contribution in [1.82, 2.24) is 5.32 Å². The fourth-order valence-electron chi connectivity index (χ4n) is 5.95. The van der Waals surface area contributed by atoms with E-state index in [4.69, 9.17) is 19.2 Å². The number of fused-ring (bicyclic) bond motifs is 2. The summed E-state index contributed by atoms with van der Waals surface area (Å²) in [6.45, 7) is 7.40. The van der Waals surface area contributed by atoms with Gasteiger partial charge in [0.15, 0.2) is 11.9 Å². The van der Waals surface area contributed by atoms with Crippen LogP contribution in [0.1, 0.15) is 52.0 Å². The summed E-state index contributed by atoms with van der Waals surface area (Å²) in [5.74, 6) is 1.01. The molecule has 2 bridgehead atoms. The molecule has 0 radical (unpaired) electrons. The van der Waals surface area contributed by atoms with Crippen LogP contribution in [0.15, 0.2) is 30.3 Å². The lowest BCUT2D eigenvalue weighted by Crippen LogP contribution is -2.71. The summed E-state index contributed by atoms with van der Waals surface area (Å²) < 4.78 is 12.9. The molecular weight excluding hydrogens is 342 g/mol. The van der Waals surface area contributed by atoms with E-state index in [1.165, 1.54) is 12.0 Å². The number of ether oxygens (including phenoxy) is 2. The van der Waals surface area contributed by atoms with E-state index in [-0.39, 0.29) is 12.5 Å². The lowest BCUT2D eigenvalue weighted by molar-refractivity contribution is -0.571. The van der Waals surface area contributed by atoms with Crippen LogP contribution in [-0.2, 0) is 25.8 Å². The van der Waals surface area contributed by atoms with Crippen molar-refractivity contribution in [3.8, 4) is 0 Å². The Morgan fingerprint density at radius 2 is 1.85 bits per heavy atom. The van der Waals surface area contributed by atoms with Crippen LogP contribution in [0.5, 0.6) is 0 Å².